The molecule has 0 unspecified atom stereocenters. The van der Waals surface area contributed by atoms with Crippen LogP contribution in [-0.4, -0.2) is 158 Å². The van der Waals surface area contributed by atoms with Gasteiger partial charge in [0.15, 0.2) is 8.16 Å². The maximum absolute atomic E-state index is 13.0. The van der Waals surface area contributed by atoms with Crippen LogP contribution in [0.2, 0.25) is 0 Å². The Morgan fingerprint density at radius 2 is 0.414 bits per heavy atom. The summed E-state index contributed by atoms with van der Waals surface area (Å²) in [6.07, 6.45) is -3.34. The van der Waals surface area contributed by atoms with Crippen LogP contribution in [0.4, 0.5) is 0 Å². The SMILES string of the molecule is O=S(=O)([O-])CCCCCCCCCCCCCCCC(C(C(C(CS(=O)(=O)[O-])(S(=O)(=O)[O-])S(=O)(=O)[O-])(S(=O)(=O)[O-])S(=O)(=O)[O-])(S(=O)(=O)[O-])S(=O)(=O)[O-])(S(=O)(=O)[O-])S(=O)(=O)[O-].[K+].[K+].[K+].[K+].[K+].[K+].[K+].[K+].[K+].[K+]. The third-order valence-corrected chi connectivity index (χ3v) is 27.7. The van der Waals surface area contributed by atoms with Crippen molar-refractivity contribution in [3.05, 3.63) is 0 Å². The maximum atomic E-state index is 13.0. The third kappa shape index (κ3) is 28.8. The number of rotatable bonds is 29. The molecule has 0 heterocycles. The van der Waals surface area contributed by atoms with Gasteiger partial charge in [-0.2, -0.15) is 0 Å². The van der Waals surface area contributed by atoms with Gasteiger partial charge in [-0.3, -0.25) is 0 Å². The van der Waals surface area contributed by atoms with Gasteiger partial charge >= 0.3 is 514 Å². The molecule has 0 N–H and O–H groups in total. The van der Waals surface area contributed by atoms with Crippen LogP contribution >= 0.6 is 0 Å². The molecule has 0 aliphatic rings. The quantitative estimate of drug-likeness (QED) is 0.0381. The normalized spacial score (nSPS) is 13.3. The zero-order valence-electron chi connectivity index (χ0n) is 39.6. The Hall–Kier alpha value is 15.5. The van der Waals surface area contributed by atoms with E-state index in [9.17, 15) is 130 Å². The van der Waals surface area contributed by atoms with E-state index in [1.807, 2.05) is 0 Å². The van der Waals surface area contributed by atoms with Gasteiger partial charge in [0, 0.05) is 5.75 Å². The summed E-state index contributed by atoms with van der Waals surface area (Å²) in [6.45, 7) is 0. The Bertz CT molecular complexity index is 2610. The average molecular weight is 1460 g/mol. The van der Waals surface area contributed by atoms with Gasteiger partial charge in [-0.1, -0.05) is 77.0 Å². The first-order valence-corrected chi connectivity index (χ1v) is 30.1. The van der Waals surface area contributed by atoms with E-state index in [1.165, 1.54) is 0 Å². The van der Waals surface area contributed by atoms with Crippen molar-refractivity contribution >= 4 is 101 Å². The van der Waals surface area contributed by atoms with Crippen LogP contribution in [0.1, 0.15) is 89.9 Å². The molecule has 30 nitrogen and oxygen atoms in total. The molecule has 0 saturated heterocycles. The molecule has 0 aliphatic carbocycles. The summed E-state index contributed by atoms with van der Waals surface area (Å²) in [5, 5.41) is 0. The van der Waals surface area contributed by atoms with Crippen molar-refractivity contribution in [3.63, 3.8) is 0 Å². The van der Waals surface area contributed by atoms with Crippen molar-refractivity contribution in [1.82, 2.24) is 0 Å². The van der Waals surface area contributed by atoms with Crippen LogP contribution in [0, 0.1) is 0 Å². The van der Waals surface area contributed by atoms with Crippen molar-refractivity contribution in [3.8, 4) is 0 Å². The van der Waals surface area contributed by atoms with Gasteiger partial charge in [-0.05, 0) is 12.8 Å². The summed E-state index contributed by atoms with van der Waals surface area (Å²) in [5.74, 6) is -5.35. The molecule has 50 heteroatoms. The molecule has 0 aliphatic heterocycles. The van der Waals surface area contributed by atoms with Crippen LogP contribution in [0.25, 0.3) is 0 Å². The second-order valence-electron chi connectivity index (χ2n) is 12.7. The second kappa shape index (κ2) is 44.1. The van der Waals surface area contributed by atoms with Crippen molar-refractivity contribution in [2.24, 2.45) is 0 Å². The molecule has 0 aromatic carbocycles. The monoisotopic (exact) mass is 1460 g/mol. The Balaban J connectivity index is -0.000000387. The van der Waals surface area contributed by atoms with Gasteiger partial charge in [-0.15, -0.1) is 0 Å². The summed E-state index contributed by atoms with van der Waals surface area (Å²) in [6, 6.07) is 0. The fourth-order valence-corrected chi connectivity index (χ4v) is 28.5. The molecule has 0 aromatic heterocycles. The fraction of sp³-hybridized carbons (Fsp3) is 1.00. The Kier molecular flexibility index (Phi) is 69.3. The largest absolute Gasteiger partial charge is 1.00 e. The van der Waals surface area contributed by atoms with Crippen molar-refractivity contribution in [2.75, 3.05) is 11.5 Å². The molecule has 0 bridgehead atoms. The van der Waals surface area contributed by atoms with Gasteiger partial charge in [0.2, 0.25) is 8.16 Å². The van der Waals surface area contributed by atoms with Gasteiger partial charge in [0.05, 0.1) is 26.0 Å². The van der Waals surface area contributed by atoms with E-state index in [0.717, 1.165) is 0 Å². The first-order valence-electron chi connectivity index (χ1n) is 15.7. The van der Waals surface area contributed by atoms with E-state index < -0.39 is 155 Å². The zero-order chi connectivity index (χ0) is 48.3. The minimum atomic E-state index is -9.58. The first-order chi connectivity index (χ1) is 26.2. The standard InChI is InChI=1S/C20H42O30S10.10K/c21-51(22,23)15-13-11-9-7-5-3-1-2-4-6-8-10-12-14-17(53(27,28)29,54(30,31)32)19(57(39,40)41,58(42,43)44)20(59(45,46)47,60(48,49)50)18(55(33,34)35,56(36,37)38)16-52(24,25)26;;;;;;;;;;/h1-16H2,(H,21,22,23)(H,24,25,26)(H,27,28,29)(H,30,31,32)(H,33,34,35)(H,36,37,38)(H,39,40,41)(H,42,43,44)(H,45,46,47)(H,48,49,50);;;;;;;;;;/q;10*+1/p-10. The Morgan fingerprint density at radius 3 is 0.586 bits per heavy atom. The maximum Gasteiger partial charge on any atom is 1.00 e. The molecule has 0 saturated carbocycles. The molecule has 0 atom stereocenters. The fourth-order valence-electron chi connectivity index (χ4n) is 6.55. The minimum absolute atomic E-state index is 0. The summed E-state index contributed by atoms with van der Waals surface area (Å²) < 4.78 is 343. The molecular weight excluding hydrogens is 1430 g/mol. The summed E-state index contributed by atoms with van der Waals surface area (Å²) in [7, 11) is -85.8. The van der Waals surface area contributed by atoms with Crippen molar-refractivity contribution in [2.45, 2.75) is 106 Å². The predicted molar refractivity (Wildman–Crippen MR) is 182 cm³/mol. The van der Waals surface area contributed by atoms with E-state index in [0.29, 0.717) is 44.9 Å². The van der Waals surface area contributed by atoms with E-state index in [-0.39, 0.29) is 533 Å². The molecule has 0 fully saturated rings. The summed E-state index contributed by atoms with van der Waals surface area (Å²) in [4.78, 5) is 0. The molecule has 70 heavy (non-hydrogen) atoms. The van der Waals surface area contributed by atoms with Gasteiger partial charge < -0.3 is 45.5 Å². The molecular formula is C20H32K10O30S10. The number of unbranched alkanes of at least 4 members (excludes halogenated alkanes) is 12. The molecule has 0 amide bonds. The van der Waals surface area contributed by atoms with E-state index in [2.05, 4.69) is 0 Å². The smallest absolute Gasteiger partial charge is 0.748 e. The van der Waals surface area contributed by atoms with Crippen LogP contribution in [0.15, 0.2) is 0 Å². The van der Waals surface area contributed by atoms with E-state index >= 15 is 0 Å². The first kappa shape index (κ1) is 110. The van der Waals surface area contributed by atoms with E-state index in [4.69, 9.17) is 0 Å². The van der Waals surface area contributed by atoms with Crippen LogP contribution in [-0.2, 0) is 101 Å². The van der Waals surface area contributed by atoms with Gasteiger partial charge in [0.25, 0.3) is 0 Å². The van der Waals surface area contributed by atoms with Crippen LogP contribution in [0.5, 0.6) is 0 Å². The molecule has 362 valence electrons. The Labute approximate surface area is 835 Å². The summed E-state index contributed by atoms with van der Waals surface area (Å²) in [5.41, 5.74) is 0. The van der Waals surface area contributed by atoms with Crippen molar-refractivity contribution in [1.29, 1.82) is 0 Å². The van der Waals surface area contributed by atoms with Crippen LogP contribution < -0.4 is 514 Å². The predicted octanol–water partition coefficient (Wildman–Crippen LogP) is -35.3. The number of hydrogen-bond donors (Lipinski definition) is 0. The molecule has 0 radical (unpaired) electrons. The van der Waals surface area contributed by atoms with Gasteiger partial charge in [0.1, 0.15) is 80.9 Å². The van der Waals surface area contributed by atoms with Crippen LogP contribution in [0.3, 0.4) is 0 Å². The van der Waals surface area contributed by atoms with E-state index in [1.54, 1.807) is 0 Å². The molecule has 0 rings (SSSR count). The summed E-state index contributed by atoms with van der Waals surface area (Å²) >= 11 is 0. The molecule has 0 spiro atoms. The third-order valence-electron chi connectivity index (χ3n) is 8.73. The second-order valence-corrected chi connectivity index (χ2v) is 29.1. The van der Waals surface area contributed by atoms with Crippen molar-refractivity contribution < 1.29 is 644 Å². The Morgan fingerprint density at radius 1 is 0.229 bits per heavy atom. The minimum Gasteiger partial charge on any atom is -0.748 e. The molecule has 0 aromatic rings. The number of hydrogen-bond acceptors (Lipinski definition) is 30. The topological polar surface area (TPSA) is 572 Å². The van der Waals surface area contributed by atoms with Gasteiger partial charge in [-0.25, -0.2) is 84.2 Å². The average Bonchev–Trinajstić information content (AvgIpc) is 2.92. The zero-order valence-corrected chi connectivity index (χ0v) is 79.0.